The van der Waals surface area contributed by atoms with E-state index in [1.54, 1.807) is 7.11 Å². The van der Waals surface area contributed by atoms with Crippen molar-refractivity contribution in [2.45, 2.75) is 12.8 Å². The molecule has 0 saturated carbocycles. The van der Waals surface area contributed by atoms with Crippen LogP contribution in [0.4, 0.5) is 0 Å². The first-order valence-electron chi connectivity index (χ1n) is 5.43. The molecule has 16 heavy (non-hydrogen) atoms. The van der Waals surface area contributed by atoms with E-state index in [-0.39, 0.29) is 0 Å². The Morgan fingerprint density at radius 3 is 3.06 bits per heavy atom. The molecule has 2 rings (SSSR count). The van der Waals surface area contributed by atoms with E-state index >= 15 is 0 Å². The van der Waals surface area contributed by atoms with E-state index in [2.05, 4.69) is 21.2 Å². The standard InChI is InChI=1S/C12H16BrNO2/c1-14-5-3-8-9-4-6-16-12(9)10(13)7-11(8)15-2/h7,14H,3-6H2,1-2H3. The minimum Gasteiger partial charge on any atom is -0.496 e. The SMILES string of the molecule is CNCCc1c(OC)cc(Br)c2c1CCO2. The highest BCUT2D eigenvalue weighted by Crippen LogP contribution is 2.41. The summed E-state index contributed by atoms with van der Waals surface area (Å²) in [6.45, 7) is 1.72. The molecule has 0 spiro atoms. The van der Waals surface area contributed by atoms with Gasteiger partial charge in [-0.15, -0.1) is 0 Å². The number of benzene rings is 1. The number of hydrogen-bond acceptors (Lipinski definition) is 3. The van der Waals surface area contributed by atoms with Gasteiger partial charge in [-0.25, -0.2) is 0 Å². The van der Waals surface area contributed by atoms with Crippen molar-refractivity contribution in [1.82, 2.24) is 5.32 Å². The van der Waals surface area contributed by atoms with E-state index in [0.717, 1.165) is 42.0 Å². The van der Waals surface area contributed by atoms with Crippen molar-refractivity contribution in [2.24, 2.45) is 0 Å². The molecule has 1 aromatic rings. The van der Waals surface area contributed by atoms with Crippen molar-refractivity contribution in [3.05, 3.63) is 21.7 Å². The summed E-state index contributed by atoms with van der Waals surface area (Å²) in [6, 6.07) is 2.00. The molecule has 0 aliphatic carbocycles. The highest BCUT2D eigenvalue weighted by atomic mass is 79.9. The van der Waals surface area contributed by atoms with E-state index in [4.69, 9.17) is 9.47 Å². The molecule has 0 fully saturated rings. The third-order valence-electron chi connectivity index (χ3n) is 2.85. The number of hydrogen-bond donors (Lipinski definition) is 1. The molecule has 0 bridgehead atoms. The maximum atomic E-state index is 5.63. The van der Waals surface area contributed by atoms with Gasteiger partial charge in [0.2, 0.25) is 0 Å². The fourth-order valence-corrected chi connectivity index (χ4v) is 2.64. The molecule has 0 saturated heterocycles. The largest absolute Gasteiger partial charge is 0.496 e. The summed E-state index contributed by atoms with van der Waals surface area (Å²) in [7, 11) is 3.68. The summed E-state index contributed by atoms with van der Waals surface area (Å²) in [6.07, 6.45) is 1.95. The first kappa shape index (κ1) is 11.7. The predicted molar refractivity (Wildman–Crippen MR) is 67.5 cm³/mol. The molecular formula is C12H16BrNO2. The third kappa shape index (κ3) is 2.04. The Morgan fingerprint density at radius 1 is 1.56 bits per heavy atom. The smallest absolute Gasteiger partial charge is 0.137 e. The van der Waals surface area contributed by atoms with Gasteiger partial charge >= 0.3 is 0 Å². The summed E-state index contributed by atoms with van der Waals surface area (Å²) in [5, 5.41) is 3.17. The van der Waals surface area contributed by atoms with Gasteiger partial charge in [-0.2, -0.15) is 0 Å². The van der Waals surface area contributed by atoms with Gasteiger partial charge in [-0.3, -0.25) is 0 Å². The zero-order chi connectivity index (χ0) is 11.5. The van der Waals surface area contributed by atoms with Crippen molar-refractivity contribution < 1.29 is 9.47 Å². The van der Waals surface area contributed by atoms with Gasteiger partial charge in [-0.1, -0.05) is 0 Å². The maximum absolute atomic E-state index is 5.63. The van der Waals surface area contributed by atoms with Crippen LogP contribution in [0.2, 0.25) is 0 Å². The second kappa shape index (κ2) is 5.06. The van der Waals surface area contributed by atoms with Crippen LogP contribution in [-0.2, 0) is 12.8 Å². The van der Waals surface area contributed by atoms with Crippen molar-refractivity contribution in [2.75, 3.05) is 27.3 Å². The summed E-state index contributed by atoms with van der Waals surface area (Å²) in [5.41, 5.74) is 2.56. The molecule has 4 heteroatoms. The molecule has 3 nitrogen and oxygen atoms in total. The van der Waals surface area contributed by atoms with E-state index in [1.165, 1.54) is 11.1 Å². The van der Waals surface area contributed by atoms with Crippen LogP contribution in [0.1, 0.15) is 11.1 Å². The minimum absolute atomic E-state index is 0.771. The Kier molecular flexibility index (Phi) is 3.71. The summed E-state index contributed by atoms with van der Waals surface area (Å²) < 4.78 is 12.1. The monoisotopic (exact) mass is 285 g/mol. The van der Waals surface area contributed by atoms with Crippen LogP contribution < -0.4 is 14.8 Å². The van der Waals surface area contributed by atoms with Gasteiger partial charge < -0.3 is 14.8 Å². The van der Waals surface area contributed by atoms with Crippen molar-refractivity contribution >= 4 is 15.9 Å². The van der Waals surface area contributed by atoms with E-state index in [0.29, 0.717) is 0 Å². The lowest BCUT2D eigenvalue weighted by Crippen LogP contribution is -2.12. The number of halogens is 1. The van der Waals surface area contributed by atoms with Crippen molar-refractivity contribution in [3.63, 3.8) is 0 Å². The predicted octanol–water partition coefficient (Wildman–Crippen LogP) is 2.15. The van der Waals surface area contributed by atoms with Crippen LogP contribution in [0.3, 0.4) is 0 Å². The highest BCUT2D eigenvalue weighted by Gasteiger charge is 2.22. The summed E-state index contributed by atoms with van der Waals surface area (Å²) in [4.78, 5) is 0. The molecule has 1 aliphatic heterocycles. The third-order valence-corrected chi connectivity index (χ3v) is 3.44. The maximum Gasteiger partial charge on any atom is 0.137 e. The lowest BCUT2D eigenvalue weighted by molar-refractivity contribution is 0.354. The van der Waals surface area contributed by atoms with E-state index < -0.39 is 0 Å². The van der Waals surface area contributed by atoms with E-state index in [1.807, 2.05) is 13.1 Å². The molecular weight excluding hydrogens is 270 g/mol. The van der Waals surface area contributed by atoms with Crippen LogP contribution in [0, 0.1) is 0 Å². The van der Waals surface area contributed by atoms with Crippen LogP contribution in [0.25, 0.3) is 0 Å². The van der Waals surface area contributed by atoms with Gasteiger partial charge in [0, 0.05) is 17.5 Å². The molecule has 0 aromatic heterocycles. The number of ether oxygens (including phenoxy) is 2. The van der Waals surface area contributed by atoms with Crippen LogP contribution >= 0.6 is 15.9 Å². The Bertz CT molecular complexity index is 393. The van der Waals surface area contributed by atoms with Crippen LogP contribution in [0.15, 0.2) is 10.5 Å². The minimum atomic E-state index is 0.771. The number of fused-ring (bicyclic) bond motifs is 1. The average molecular weight is 286 g/mol. The molecule has 1 heterocycles. The summed E-state index contributed by atoms with van der Waals surface area (Å²) >= 11 is 3.52. The van der Waals surface area contributed by atoms with Crippen molar-refractivity contribution in [3.8, 4) is 11.5 Å². The van der Waals surface area contributed by atoms with Crippen LogP contribution in [-0.4, -0.2) is 27.3 Å². The zero-order valence-corrected chi connectivity index (χ0v) is 11.2. The summed E-state index contributed by atoms with van der Waals surface area (Å²) in [5.74, 6) is 1.94. The van der Waals surface area contributed by atoms with Gasteiger partial charge in [0.05, 0.1) is 18.2 Å². The number of nitrogens with one attached hydrogen (secondary N) is 1. The Morgan fingerprint density at radius 2 is 2.38 bits per heavy atom. The molecule has 88 valence electrons. The molecule has 0 unspecified atom stereocenters. The molecule has 1 aliphatic rings. The second-order valence-electron chi connectivity index (χ2n) is 3.80. The topological polar surface area (TPSA) is 30.5 Å². The molecule has 0 radical (unpaired) electrons. The van der Waals surface area contributed by atoms with Gasteiger partial charge in [0.15, 0.2) is 0 Å². The number of methoxy groups -OCH3 is 1. The average Bonchev–Trinajstić information content (AvgIpc) is 2.77. The van der Waals surface area contributed by atoms with Crippen LogP contribution in [0.5, 0.6) is 11.5 Å². The lowest BCUT2D eigenvalue weighted by Gasteiger charge is -2.13. The molecule has 1 N–H and O–H groups in total. The fraction of sp³-hybridized carbons (Fsp3) is 0.500. The Hall–Kier alpha value is -0.740. The normalized spacial score (nSPS) is 13.4. The molecule has 0 amide bonds. The first-order chi connectivity index (χ1) is 7.77. The van der Waals surface area contributed by atoms with Gasteiger partial charge in [-0.05, 0) is 42.0 Å². The quantitative estimate of drug-likeness (QED) is 0.920. The number of likely N-dealkylation sites (N-methyl/N-ethyl adjacent to an activating group) is 1. The highest BCUT2D eigenvalue weighted by molar-refractivity contribution is 9.10. The lowest BCUT2D eigenvalue weighted by atomic mass is 10.0. The van der Waals surface area contributed by atoms with Gasteiger partial charge in [0.1, 0.15) is 11.5 Å². The Labute approximate surface area is 104 Å². The second-order valence-corrected chi connectivity index (χ2v) is 4.65. The molecule has 1 aromatic carbocycles. The molecule has 0 atom stereocenters. The fourth-order valence-electron chi connectivity index (χ4n) is 2.08. The van der Waals surface area contributed by atoms with Gasteiger partial charge in [0.25, 0.3) is 0 Å². The van der Waals surface area contributed by atoms with Crippen molar-refractivity contribution in [1.29, 1.82) is 0 Å². The first-order valence-corrected chi connectivity index (χ1v) is 6.23. The zero-order valence-electron chi connectivity index (χ0n) is 9.60. The Balaban J connectivity index is 2.43. The number of rotatable bonds is 4. The van der Waals surface area contributed by atoms with E-state index in [9.17, 15) is 0 Å².